The van der Waals surface area contributed by atoms with Gasteiger partial charge in [0.25, 0.3) is 5.91 Å². The summed E-state index contributed by atoms with van der Waals surface area (Å²) in [4.78, 5) is 26.7. The molecule has 2 aromatic rings. The molecule has 0 aromatic carbocycles. The van der Waals surface area contributed by atoms with Crippen LogP contribution in [-0.2, 0) is 4.74 Å². The Morgan fingerprint density at radius 1 is 1.45 bits per heavy atom. The second-order valence-electron chi connectivity index (χ2n) is 4.51. The van der Waals surface area contributed by atoms with Crippen molar-refractivity contribution in [3.63, 3.8) is 0 Å². The number of ether oxygens (including phenoxy) is 1. The van der Waals surface area contributed by atoms with Crippen LogP contribution in [0.4, 0.5) is 0 Å². The molecule has 0 spiro atoms. The van der Waals surface area contributed by atoms with Gasteiger partial charge in [-0.2, -0.15) is 0 Å². The van der Waals surface area contributed by atoms with Crippen LogP contribution in [0.15, 0.2) is 23.8 Å². The molecule has 1 amide bonds. The van der Waals surface area contributed by atoms with Gasteiger partial charge in [0.2, 0.25) is 0 Å². The summed E-state index contributed by atoms with van der Waals surface area (Å²) in [6, 6.07) is 1.75. The largest absolute Gasteiger partial charge is 0.380 e. The number of rotatable bonds is 3. The zero-order valence-electron chi connectivity index (χ0n) is 11.0. The van der Waals surface area contributed by atoms with E-state index in [0.717, 1.165) is 6.42 Å². The molecule has 2 aromatic heterocycles. The third kappa shape index (κ3) is 2.54. The monoisotopic (exact) mass is 290 g/mol. The number of hydrogen-bond donors (Lipinski definition) is 0. The number of carbonyl (C=O) groups excluding carboxylic acids is 1. The number of aromatic nitrogens is 3. The molecule has 7 heteroatoms. The Kier molecular flexibility index (Phi) is 3.70. The smallest absolute Gasteiger partial charge is 0.273 e. The molecule has 3 rings (SSSR count). The topological polar surface area (TPSA) is 68.2 Å². The molecule has 20 heavy (non-hydrogen) atoms. The summed E-state index contributed by atoms with van der Waals surface area (Å²) in [7, 11) is 1.67. The second kappa shape index (κ2) is 5.64. The molecule has 3 heterocycles. The fraction of sp³-hybridized carbons (Fsp3) is 0.385. The van der Waals surface area contributed by atoms with E-state index in [1.165, 1.54) is 11.3 Å². The van der Waals surface area contributed by atoms with Crippen molar-refractivity contribution in [3.05, 3.63) is 29.5 Å². The number of nitrogens with zero attached hydrogens (tertiary/aromatic N) is 4. The summed E-state index contributed by atoms with van der Waals surface area (Å²) in [5.74, 6) is 0.496. The van der Waals surface area contributed by atoms with E-state index >= 15 is 0 Å². The van der Waals surface area contributed by atoms with Crippen molar-refractivity contribution in [2.24, 2.45) is 0 Å². The maximum atomic E-state index is 12.3. The number of methoxy groups -OCH3 is 1. The van der Waals surface area contributed by atoms with Crippen molar-refractivity contribution >= 4 is 17.2 Å². The van der Waals surface area contributed by atoms with E-state index < -0.39 is 0 Å². The fourth-order valence-electron chi connectivity index (χ4n) is 2.15. The highest BCUT2D eigenvalue weighted by molar-refractivity contribution is 7.13. The van der Waals surface area contributed by atoms with Crippen molar-refractivity contribution in [2.75, 3.05) is 20.2 Å². The molecular formula is C13H14N4O2S. The third-order valence-corrected chi connectivity index (χ3v) is 4.08. The average Bonchev–Trinajstić information content (AvgIpc) is 3.17. The lowest BCUT2D eigenvalue weighted by atomic mass is 10.3. The van der Waals surface area contributed by atoms with Crippen molar-refractivity contribution in [2.45, 2.75) is 12.5 Å². The quantitative estimate of drug-likeness (QED) is 0.856. The van der Waals surface area contributed by atoms with Crippen LogP contribution in [-0.4, -0.2) is 52.1 Å². The van der Waals surface area contributed by atoms with E-state index in [-0.39, 0.29) is 12.0 Å². The molecule has 104 valence electrons. The molecule has 1 aliphatic rings. The zero-order valence-corrected chi connectivity index (χ0v) is 11.8. The molecular weight excluding hydrogens is 276 g/mol. The third-order valence-electron chi connectivity index (χ3n) is 3.25. The molecule has 1 fully saturated rings. The average molecular weight is 290 g/mol. The van der Waals surface area contributed by atoms with Crippen LogP contribution < -0.4 is 0 Å². The number of hydrogen-bond acceptors (Lipinski definition) is 6. The lowest BCUT2D eigenvalue weighted by Gasteiger charge is -2.14. The first-order chi connectivity index (χ1) is 9.78. The zero-order chi connectivity index (χ0) is 13.9. The van der Waals surface area contributed by atoms with Crippen LogP contribution in [0.2, 0.25) is 0 Å². The summed E-state index contributed by atoms with van der Waals surface area (Å²) >= 11 is 1.38. The lowest BCUT2D eigenvalue weighted by Crippen LogP contribution is -2.30. The molecule has 0 saturated carbocycles. The highest BCUT2D eigenvalue weighted by atomic mass is 32.1. The maximum Gasteiger partial charge on any atom is 0.273 e. The van der Waals surface area contributed by atoms with Crippen LogP contribution in [0, 0.1) is 0 Å². The number of carbonyl (C=O) groups is 1. The Bertz CT molecular complexity index is 601. The van der Waals surface area contributed by atoms with Gasteiger partial charge in [-0.25, -0.2) is 15.0 Å². The Morgan fingerprint density at radius 2 is 2.25 bits per heavy atom. The van der Waals surface area contributed by atoms with Crippen LogP contribution in [0.5, 0.6) is 0 Å². The maximum absolute atomic E-state index is 12.3. The molecule has 0 aliphatic carbocycles. The number of amides is 1. The lowest BCUT2D eigenvalue weighted by molar-refractivity contribution is 0.0720. The number of thiazole rings is 1. The van der Waals surface area contributed by atoms with E-state index in [1.807, 2.05) is 0 Å². The first-order valence-electron chi connectivity index (χ1n) is 6.33. The van der Waals surface area contributed by atoms with E-state index in [9.17, 15) is 4.79 Å². The van der Waals surface area contributed by atoms with Crippen LogP contribution in [0.25, 0.3) is 10.8 Å². The van der Waals surface area contributed by atoms with Gasteiger partial charge in [-0.1, -0.05) is 0 Å². The minimum absolute atomic E-state index is 0.0528. The van der Waals surface area contributed by atoms with Gasteiger partial charge >= 0.3 is 0 Å². The fourth-order valence-corrected chi connectivity index (χ4v) is 2.89. The van der Waals surface area contributed by atoms with Gasteiger partial charge in [0.05, 0.1) is 6.10 Å². The van der Waals surface area contributed by atoms with Crippen LogP contribution in [0.3, 0.4) is 0 Å². The van der Waals surface area contributed by atoms with Gasteiger partial charge < -0.3 is 9.64 Å². The Balaban J connectivity index is 1.76. The van der Waals surface area contributed by atoms with Gasteiger partial charge in [0, 0.05) is 38.0 Å². The first kappa shape index (κ1) is 13.1. The molecule has 0 bridgehead atoms. The second-order valence-corrected chi connectivity index (χ2v) is 5.37. The predicted molar refractivity (Wildman–Crippen MR) is 74.5 cm³/mol. The summed E-state index contributed by atoms with van der Waals surface area (Å²) in [5, 5.41) is 2.42. The molecule has 1 aliphatic heterocycles. The highest BCUT2D eigenvalue weighted by Crippen LogP contribution is 2.22. The molecule has 1 atom stereocenters. The SMILES string of the molecule is CO[C@H]1CCN(C(=O)c2csc(-c3ncccn3)n2)C1. The van der Waals surface area contributed by atoms with Gasteiger partial charge in [0.1, 0.15) is 5.69 Å². The Hall–Kier alpha value is -1.86. The van der Waals surface area contributed by atoms with Crippen molar-refractivity contribution in [1.29, 1.82) is 0 Å². The molecule has 0 unspecified atom stereocenters. The van der Waals surface area contributed by atoms with Gasteiger partial charge in [-0.3, -0.25) is 4.79 Å². The van der Waals surface area contributed by atoms with E-state index in [4.69, 9.17) is 4.74 Å². The summed E-state index contributed by atoms with van der Waals surface area (Å²) in [6.07, 6.45) is 4.33. The van der Waals surface area contributed by atoms with E-state index in [2.05, 4.69) is 15.0 Å². The molecule has 1 saturated heterocycles. The summed E-state index contributed by atoms with van der Waals surface area (Å²) < 4.78 is 5.27. The molecule has 0 N–H and O–H groups in total. The molecule has 0 radical (unpaired) electrons. The normalized spacial score (nSPS) is 18.4. The van der Waals surface area contributed by atoms with Crippen LogP contribution >= 0.6 is 11.3 Å². The van der Waals surface area contributed by atoms with E-state index in [0.29, 0.717) is 29.6 Å². The summed E-state index contributed by atoms with van der Waals surface area (Å²) in [5.41, 5.74) is 0.453. The van der Waals surface area contributed by atoms with Crippen LogP contribution in [0.1, 0.15) is 16.9 Å². The summed E-state index contributed by atoms with van der Waals surface area (Å²) in [6.45, 7) is 1.34. The predicted octanol–water partition coefficient (Wildman–Crippen LogP) is 1.46. The van der Waals surface area contributed by atoms with Crippen molar-refractivity contribution in [1.82, 2.24) is 19.9 Å². The van der Waals surface area contributed by atoms with Gasteiger partial charge in [0.15, 0.2) is 10.8 Å². The standard InChI is InChI=1S/C13H14N4O2S/c1-19-9-3-6-17(7-9)13(18)10-8-20-12(16-10)11-14-4-2-5-15-11/h2,4-5,8-9H,3,6-7H2,1H3/t9-/m0/s1. The van der Waals surface area contributed by atoms with Gasteiger partial charge in [-0.15, -0.1) is 11.3 Å². The minimum atomic E-state index is -0.0528. The van der Waals surface area contributed by atoms with Gasteiger partial charge in [-0.05, 0) is 12.5 Å². The Labute approximate surface area is 120 Å². The van der Waals surface area contributed by atoms with Crippen molar-refractivity contribution < 1.29 is 9.53 Å². The number of likely N-dealkylation sites (tertiary alicyclic amines) is 1. The van der Waals surface area contributed by atoms with Crippen molar-refractivity contribution in [3.8, 4) is 10.8 Å². The highest BCUT2D eigenvalue weighted by Gasteiger charge is 2.28. The Morgan fingerprint density at radius 3 is 2.95 bits per heavy atom. The van der Waals surface area contributed by atoms with E-state index in [1.54, 1.807) is 35.8 Å². The first-order valence-corrected chi connectivity index (χ1v) is 7.21. The minimum Gasteiger partial charge on any atom is -0.380 e. The molecule has 6 nitrogen and oxygen atoms in total.